The largest absolute Gasteiger partial charge is 0.343 e. The number of amides is 2. The van der Waals surface area contributed by atoms with E-state index in [0.29, 0.717) is 37.0 Å². The van der Waals surface area contributed by atoms with E-state index in [-0.39, 0.29) is 11.3 Å². The summed E-state index contributed by atoms with van der Waals surface area (Å²) in [5.74, 6) is 2.01. The number of hydrogen-bond acceptors (Lipinski definition) is 5. The molecule has 3 fully saturated rings. The van der Waals surface area contributed by atoms with Crippen molar-refractivity contribution < 1.29 is 9.59 Å². The molecule has 1 N–H and O–H groups in total. The summed E-state index contributed by atoms with van der Waals surface area (Å²) in [6, 6.07) is 0.374. The Kier molecular flexibility index (Phi) is 5.40. The first-order valence-corrected chi connectivity index (χ1v) is 10.6. The lowest BCUT2D eigenvalue weighted by Crippen LogP contribution is -2.55. The van der Waals surface area contributed by atoms with Crippen molar-refractivity contribution in [2.24, 2.45) is 5.41 Å². The van der Waals surface area contributed by atoms with E-state index in [1.54, 1.807) is 0 Å². The predicted octanol–water partition coefficient (Wildman–Crippen LogP) is 0.981. The lowest BCUT2D eigenvalue weighted by atomic mass is 9.72. The van der Waals surface area contributed by atoms with Crippen molar-refractivity contribution in [1.82, 2.24) is 29.9 Å². The van der Waals surface area contributed by atoms with Gasteiger partial charge in [-0.2, -0.15) is 5.10 Å². The summed E-state index contributed by atoms with van der Waals surface area (Å²) in [7, 11) is 2.13. The van der Waals surface area contributed by atoms with E-state index < -0.39 is 0 Å². The molecule has 8 nitrogen and oxygen atoms in total. The van der Waals surface area contributed by atoms with Crippen LogP contribution in [0.5, 0.6) is 0 Å². The molecule has 2 amide bonds. The minimum atomic E-state index is 0.193. The Morgan fingerprint density at radius 3 is 2.68 bits per heavy atom. The van der Waals surface area contributed by atoms with Gasteiger partial charge in [-0.05, 0) is 51.6 Å². The van der Waals surface area contributed by atoms with Crippen LogP contribution < -0.4 is 0 Å². The van der Waals surface area contributed by atoms with Crippen LogP contribution in [0.2, 0.25) is 0 Å². The standard InChI is InChI=1S/C20H32N6O2/c1-15-21-17(23-22-15)3-4-18(27)25-11-8-20(9-12-25)7-5-19(28)26(14-20)16-6-10-24(2)13-16/h16H,3-14H2,1-2H3,(H,21,22,23)/t16-/m1/s1. The number of likely N-dealkylation sites (tertiary alicyclic amines) is 3. The lowest BCUT2D eigenvalue weighted by molar-refractivity contribution is -0.144. The molecule has 3 aliphatic rings. The zero-order valence-corrected chi connectivity index (χ0v) is 17.1. The highest BCUT2D eigenvalue weighted by Crippen LogP contribution is 2.41. The van der Waals surface area contributed by atoms with Gasteiger partial charge in [-0.15, -0.1) is 0 Å². The van der Waals surface area contributed by atoms with Gasteiger partial charge in [-0.1, -0.05) is 0 Å². The van der Waals surface area contributed by atoms with Gasteiger partial charge >= 0.3 is 0 Å². The highest BCUT2D eigenvalue weighted by molar-refractivity contribution is 5.78. The van der Waals surface area contributed by atoms with Crippen LogP contribution in [0.15, 0.2) is 0 Å². The number of carbonyl (C=O) groups excluding carboxylic acids is 2. The van der Waals surface area contributed by atoms with Crippen LogP contribution in [-0.4, -0.2) is 87.5 Å². The SMILES string of the molecule is Cc1nc(CCC(=O)N2CCC3(CCC(=O)N([C@@H]4CCN(C)C4)C3)CC2)n[nH]1. The van der Waals surface area contributed by atoms with E-state index >= 15 is 0 Å². The number of likely N-dealkylation sites (N-methyl/N-ethyl adjacent to an activating group) is 1. The second-order valence-corrected chi connectivity index (χ2v) is 8.94. The van der Waals surface area contributed by atoms with Crippen LogP contribution >= 0.6 is 0 Å². The first kappa shape index (κ1) is 19.4. The average molecular weight is 389 g/mol. The number of aromatic amines is 1. The Morgan fingerprint density at radius 1 is 1.25 bits per heavy atom. The molecule has 8 heteroatoms. The summed E-state index contributed by atoms with van der Waals surface area (Å²) < 4.78 is 0. The molecule has 154 valence electrons. The molecular formula is C20H32N6O2. The summed E-state index contributed by atoms with van der Waals surface area (Å²) in [6.45, 7) is 6.42. The van der Waals surface area contributed by atoms with Crippen LogP contribution in [-0.2, 0) is 16.0 Å². The highest BCUT2D eigenvalue weighted by atomic mass is 16.2. The Bertz CT molecular complexity index is 724. The normalized spacial score (nSPS) is 25.6. The molecular weight excluding hydrogens is 356 g/mol. The van der Waals surface area contributed by atoms with Crippen molar-refractivity contribution in [1.29, 1.82) is 0 Å². The average Bonchev–Trinajstić information content (AvgIpc) is 3.31. The van der Waals surface area contributed by atoms with E-state index in [1.807, 2.05) is 11.8 Å². The molecule has 28 heavy (non-hydrogen) atoms. The van der Waals surface area contributed by atoms with Gasteiger partial charge in [0.25, 0.3) is 0 Å². The number of aromatic nitrogens is 3. The van der Waals surface area contributed by atoms with Gasteiger partial charge in [0.15, 0.2) is 5.82 Å². The van der Waals surface area contributed by atoms with Gasteiger partial charge in [0.2, 0.25) is 11.8 Å². The summed E-state index contributed by atoms with van der Waals surface area (Å²) in [5.41, 5.74) is 0.201. The Balaban J connectivity index is 1.30. The second-order valence-electron chi connectivity index (χ2n) is 8.94. The monoisotopic (exact) mass is 388 g/mol. The van der Waals surface area contributed by atoms with Crippen LogP contribution in [0, 0.1) is 12.3 Å². The van der Waals surface area contributed by atoms with E-state index in [2.05, 4.69) is 32.0 Å². The van der Waals surface area contributed by atoms with Gasteiger partial charge in [-0.3, -0.25) is 14.7 Å². The lowest BCUT2D eigenvalue weighted by Gasteiger charge is -2.49. The van der Waals surface area contributed by atoms with E-state index in [0.717, 1.165) is 64.2 Å². The summed E-state index contributed by atoms with van der Waals surface area (Å²) in [5, 5.41) is 6.93. The zero-order chi connectivity index (χ0) is 19.7. The molecule has 0 radical (unpaired) electrons. The van der Waals surface area contributed by atoms with Crippen molar-refractivity contribution in [2.45, 2.75) is 57.9 Å². The van der Waals surface area contributed by atoms with Crippen LogP contribution in [0.1, 0.15) is 50.2 Å². The molecule has 1 atom stereocenters. The minimum Gasteiger partial charge on any atom is -0.343 e. The summed E-state index contributed by atoms with van der Waals surface area (Å²) >= 11 is 0. The number of H-pyrrole nitrogens is 1. The zero-order valence-electron chi connectivity index (χ0n) is 17.1. The molecule has 3 aliphatic heterocycles. The third-order valence-corrected chi connectivity index (χ3v) is 6.89. The number of aryl methyl sites for hydroxylation is 2. The molecule has 1 spiro atoms. The van der Waals surface area contributed by atoms with Gasteiger partial charge in [0, 0.05) is 51.5 Å². The van der Waals surface area contributed by atoms with Gasteiger partial charge in [0.1, 0.15) is 5.82 Å². The summed E-state index contributed by atoms with van der Waals surface area (Å²) in [4.78, 5) is 35.9. The molecule has 4 heterocycles. The van der Waals surface area contributed by atoms with Crippen molar-refractivity contribution in [3.8, 4) is 0 Å². The molecule has 0 unspecified atom stereocenters. The quantitative estimate of drug-likeness (QED) is 0.831. The Labute approximate surface area is 166 Å². The third-order valence-electron chi connectivity index (χ3n) is 6.89. The molecule has 1 aromatic rings. The fourth-order valence-electron chi connectivity index (χ4n) is 5.06. The maximum absolute atomic E-state index is 12.6. The smallest absolute Gasteiger partial charge is 0.223 e. The first-order chi connectivity index (χ1) is 13.4. The molecule has 0 aromatic carbocycles. The fourth-order valence-corrected chi connectivity index (χ4v) is 5.06. The number of nitrogens with zero attached hydrogens (tertiary/aromatic N) is 5. The molecule has 4 rings (SSSR count). The molecule has 3 saturated heterocycles. The number of rotatable bonds is 4. The topological polar surface area (TPSA) is 85.4 Å². The first-order valence-electron chi connectivity index (χ1n) is 10.6. The highest BCUT2D eigenvalue weighted by Gasteiger charge is 2.44. The maximum Gasteiger partial charge on any atom is 0.223 e. The molecule has 1 aromatic heterocycles. The van der Waals surface area contributed by atoms with E-state index in [9.17, 15) is 9.59 Å². The number of piperidine rings is 2. The second kappa shape index (κ2) is 7.81. The van der Waals surface area contributed by atoms with Crippen LogP contribution in [0.25, 0.3) is 0 Å². The molecule has 0 bridgehead atoms. The third kappa shape index (κ3) is 4.06. The molecule has 0 saturated carbocycles. The van der Waals surface area contributed by atoms with Gasteiger partial charge in [0.05, 0.1) is 0 Å². The Morgan fingerprint density at radius 2 is 2.04 bits per heavy atom. The minimum absolute atomic E-state index is 0.193. The van der Waals surface area contributed by atoms with Crippen LogP contribution in [0.3, 0.4) is 0 Å². The molecule has 0 aliphatic carbocycles. The predicted molar refractivity (Wildman–Crippen MR) is 105 cm³/mol. The number of hydrogen-bond donors (Lipinski definition) is 1. The van der Waals surface area contributed by atoms with Crippen molar-refractivity contribution in [2.75, 3.05) is 39.8 Å². The Hall–Kier alpha value is -1.96. The number of nitrogens with one attached hydrogen (secondary N) is 1. The number of carbonyl (C=O) groups is 2. The van der Waals surface area contributed by atoms with Crippen molar-refractivity contribution in [3.05, 3.63) is 11.6 Å². The fraction of sp³-hybridized carbons (Fsp3) is 0.800. The van der Waals surface area contributed by atoms with Crippen LogP contribution in [0.4, 0.5) is 0 Å². The van der Waals surface area contributed by atoms with E-state index in [1.165, 1.54) is 0 Å². The van der Waals surface area contributed by atoms with Gasteiger partial charge < -0.3 is 14.7 Å². The van der Waals surface area contributed by atoms with E-state index in [4.69, 9.17) is 0 Å². The van der Waals surface area contributed by atoms with Crippen molar-refractivity contribution in [3.63, 3.8) is 0 Å². The maximum atomic E-state index is 12.6. The van der Waals surface area contributed by atoms with Crippen molar-refractivity contribution >= 4 is 11.8 Å². The van der Waals surface area contributed by atoms with Gasteiger partial charge in [-0.25, -0.2) is 4.98 Å². The summed E-state index contributed by atoms with van der Waals surface area (Å²) in [6.07, 6.45) is 5.78.